The second-order valence-corrected chi connectivity index (χ2v) is 5.37. The average Bonchev–Trinajstić information content (AvgIpc) is 3.04. The number of nitrogens with one attached hydrogen (secondary N) is 2. The van der Waals surface area contributed by atoms with E-state index < -0.39 is 0 Å². The van der Waals surface area contributed by atoms with Crippen LogP contribution in [0.1, 0.15) is 23.1 Å². The van der Waals surface area contributed by atoms with Gasteiger partial charge in [-0.15, -0.1) is 0 Å². The molecule has 3 nitrogen and oxygen atoms in total. The Bertz CT molecular complexity index is 629. The topological polar surface area (TPSA) is 50.1 Å². The van der Waals surface area contributed by atoms with Crippen molar-refractivity contribution in [3.05, 3.63) is 71.4 Å². The normalized spacial score (nSPS) is 13.4. The van der Waals surface area contributed by atoms with Crippen molar-refractivity contribution in [3.63, 3.8) is 0 Å². The van der Waals surface area contributed by atoms with Crippen LogP contribution in [0.2, 0.25) is 0 Å². The summed E-state index contributed by atoms with van der Waals surface area (Å²) >= 11 is 0. The highest BCUT2D eigenvalue weighted by Gasteiger charge is 2.09. The molecule has 2 aromatic rings. The van der Waals surface area contributed by atoms with E-state index in [1.807, 2.05) is 12.1 Å². The van der Waals surface area contributed by atoms with Crippen molar-refractivity contribution in [1.82, 2.24) is 10.6 Å². The zero-order valence-corrected chi connectivity index (χ0v) is 12.1. The third kappa shape index (κ3) is 3.37. The summed E-state index contributed by atoms with van der Waals surface area (Å²) in [4.78, 5) is 0. The molecule has 1 aliphatic rings. The summed E-state index contributed by atoms with van der Waals surface area (Å²) in [6.07, 6.45) is 5.36. The van der Waals surface area contributed by atoms with E-state index in [4.69, 9.17) is 5.73 Å². The number of nitrogens with two attached hydrogens (primary N) is 1. The van der Waals surface area contributed by atoms with E-state index in [-0.39, 0.29) is 0 Å². The zero-order chi connectivity index (χ0) is 14.5. The number of anilines is 1. The molecule has 0 fully saturated rings. The van der Waals surface area contributed by atoms with Crippen LogP contribution in [-0.2, 0) is 12.8 Å². The standard InChI is InChI=1S/C18H21N3/c19-16-10-8-14(9-11-16)4-3-6-15-5-1-2-7-17(15)18-12-20-13-21-18/h1-2,5,7-12,20-21H,3-4,6,13,19H2. The van der Waals surface area contributed by atoms with E-state index in [9.17, 15) is 0 Å². The molecule has 0 bridgehead atoms. The second kappa shape index (κ2) is 6.35. The first kappa shape index (κ1) is 13.6. The quantitative estimate of drug-likeness (QED) is 0.738. The lowest BCUT2D eigenvalue weighted by Gasteiger charge is -2.10. The molecule has 1 heterocycles. The summed E-state index contributed by atoms with van der Waals surface area (Å²) < 4.78 is 0. The summed E-state index contributed by atoms with van der Waals surface area (Å²) in [5.74, 6) is 0. The van der Waals surface area contributed by atoms with Gasteiger partial charge in [-0.1, -0.05) is 36.4 Å². The van der Waals surface area contributed by atoms with Crippen LogP contribution in [-0.4, -0.2) is 6.67 Å². The van der Waals surface area contributed by atoms with E-state index in [0.717, 1.165) is 31.6 Å². The van der Waals surface area contributed by atoms with Crippen molar-refractivity contribution in [2.75, 3.05) is 12.4 Å². The SMILES string of the molecule is Nc1ccc(CCCc2ccccc2C2=CNCN2)cc1. The predicted molar refractivity (Wildman–Crippen MR) is 88.4 cm³/mol. The summed E-state index contributed by atoms with van der Waals surface area (Å²) in [5, 5.41) is 6.56. The van der Waals surface area contributed by atoms with Crippen molar-refractivity contribution < 1.29 is 0 Å². The van der Waals surface area contributed by atoms with Gasteiger partial charge in [-0.05, 0) is 42.5 Å². The van der Waals surface area contributed by atoms with E-state index in [1.165, 1.54) is 22.4 Å². The van der Waals surface area contributed by atoms with Gasteiger partial charge >= 0.3 is 0 Å². The molecule has 0 amide bonds. The van der Waals surface area contributed by atoms with Crippen LogP contribution >= 0.6 is 0 Å². The highest BCUT2D eigenvalue weighted by Crippen LogP contribution is 2.20. The molecular weight excluding hydrogens is 258 g/mol. The Hall–Kier alpha value is -2.42. The van der Waals surface area contributed by atoms with Gasteiger partial charge in [0.25, 0.3) is 0 Å². The Kier molecular flexibility index (Phi) is 4.10. The first-order chi connectivity index (χ1) is 10.3. The fourth-order valence-corrected chi connectivity index (χ4v) is 2.69. The molecule has 0 saturated carbocycles. The number of rotatable bonds is 5. The Morgan fingerprint density at radius 1 is 0.952 bits per heavy atom. The van der Waals surface area contributed by atoms with Crippen LogP contribution in [0.3, 0.4) is 0 Å². The summed E-state index contributed by atoms with van der Waals surface area (Å²) in [6.45, 7) is 0.815. The number of aryl methyl sites for hydroxylation is 2. The van der Waals surface area contributed by atoms with Crippen molar-refractivity contribution in [3.8, 4) is 0 Å². The van der Waals surface area contributed by atoms with Gasteiger partial charge in [-0.3, -0.25) is 0 Å². The van der Waals surface area contributed by atoms with Crippen molar-refractivity contribution in [1.29, 1.82) is 0 Å². The van der Waals surface area contributed by atoms with Gasteiger partial charge in [0.15, 0.2) is 0 Å². The molecule has 1 aliphatic heterocycles. The minimum atomic E-state index is 0.815. The minimum absolute atomic E-state index is 0.815. The predicted octanol–water partition coefficient (Wildman–Crippen LogP) is 2.89. The maximum Gasteiger partial charge on any atom is 0.0846 e. The summed E-state index contributed by atoms with van der Waals surface area (Å²) in [7, 11) is 0. The number of hydrogen-bond donors (Lipinski definition) is 3. The molecule has 0 saturated heterocycles. The first-order valence-corrected chi connectivity index (χ1v) is 7.43. The molecule has 0 unspecified atom stereocenters. The number of hydrogen-bond acceptors (Lipinski definition) is 3. The molecule has 0 aromatic heterocycles. The van der Waals surface area contributed by atoms with E-state index in [1.54, 1.807) is 0 Å². The lowest BCUT2D eigenvalue weighted by Crippen LogP contribution is -2.14. The Balaban J connectivity index is 1.64. The van der Waals surface area contributed by atoms with Crippen molar-refractivity contribution in [2.45, 2.75) is 19.3 Å². The monoisotopic (exact) mass is 279 g/mol. The molecule has 0 spiro atoms. The summed E-state index contributed by atoms with van der Waals surface area (Å²) in [6, 6.07) is 16.8. The Morgan fingerprint density at radius 2 is 1.76 bits per heavy atom. The van der Waals surface area contributed by atoms with Gasteiger partial charge in [0, 0.05) is 17.5 Å². The van der Waals surface area contributed by atoms with Gasteiger partial charge in [-0.2, -0.15) is 0 Å². The van der Waals surface area contributed by atoms with Crippen molar-refractivity contribution >= 4 is 11.4 Å². The van der Waals surface area contributed by atoms with Crippen LogP contribution in [0.15, 0.2) is 54.7 Å². The Labute approximate surface area is 125 Å². The molecule has 0 aliphatic carbocycles. The van der Waals surface area contributed by atoms with Crippen LogP contribution in [0.4, 0.5) is 5.69 Å². The first-order valence-electron chi connectivity index (χ1n) is 7.43. The van der Waals surface area contributed by atoms with E-state index >= 15 is 0 Å². The second-order valence-electron chi connectivity index (χ2n) is 5.37. The molecule has 3 rings (SSSR count). The van der Waals surface area contributed by atoms with Crippen molar-refractivity contribution in [2.24, 2.45) is 0 Å². The number of nitrogen functional groups attached to an aromatic ring is 1. The highest BCUT2D eigenvalue weighted by atomic mass is 15.1. The third-order valence-corrected chi connectivity index (χ3v) is 3.83. The molecule has 4 N–H and O–H groups in total. The average molecular weight is 279 g/mol. The Morgan fingerprint density at radius 3 is 2.52 bits per heavy atom. The van der Waals surface area contributed by atoms with Gasteiger partial charge in [-0.25, -0.2) is 0 Å². The lowest BCUT2D eigenvalue weighted by atomic mass is 9.98. The fourth-order valence-electron chi connectivity index (χ4n) is 2.69. The van der Waals surface area contributed by atoms with Crippen LogP contribution in [0, 0.1) is 0 Å². The van der Waals surface area contributed by atoms with Gasteiger partial charge in [0.2, 0.25) is 0 Å². The maximum atomic E-state index is 5.72. The largest absolute Gasteiger partial charge is 0.399 e. The lowest BCUT2D eigenvalue weighted by molar-refractivity contribution is 0.814. The highest BCUT2D eigenvalue weighted by molar-refractivity contribution is 5.67. The van der Waals surface area contributed by atoms with E-state index in [0.29, 0.717) is 0 Å². The molecule has 0 atom stereocenters. The summed E-state index contributed by atoms with van der Waals surface area (Å²) in [5.41, 5.74) is 11.8. The molecule has 2 aromatic carbocycles. The van der Waals surface area contributed by atoms with Crippen LogP contribution < -0.4 is 16.4 Å². The third-order valence-electron chi connectivity index (χ3n) is 3.83. The number of benzene rings is 2. The fraction of sp³-hybridized carbons (Fsp3) is 0.222. The zero-order valence-electron chi connectivity index (χ0n) is 12.1. The smallest absolute Gasteiger partial charge is 0.0846 e. The van der Waals surface area contributed by atoms with Crippen LogP contribution in [0.5, 0.6) is 0 Å². The molecular formula is C18H21N3. The molecule has 21 heavy (non-hydrogen) atoms. The molecule has 0 radical (unpaired) electrons. The maximum absolute atomic E-state index is 5.72. The van der Waals surface area contributed by atoms with Gasteiger partial charge in [0.05, 0.1) is 12.4 Å². The van der Waals surface area contributed by atoms with Gasteiger partial charge < -0.3 is 16.4 Å². The van der Waals surface area contributed by atoms with Crippen LogP contribution in [0.25, 0.3) is 5.70 Å². The molecule has 3 heteroatoms. The van der Waals surface area contributed by atoms with Gasteiger partial charge in [0.1, 0.15) is 0 Å². The van der Waals surface area contributed by atoms with E-state index in [2.05, 4.69) is 53.2 Å². The minimum Gasteiger partial charge on any atom is -0.399 e. The molecule has 108 valence electrons.